The number of fused-ring (bicyclic) bond motifs is 1. The Kier molecular flexibility index (Phi) is 4.31. The average Bonchev–Trinajstić information content (AvgIpc) is 2.85. The minimum atomic E-state index is -3.10. The third kappa shape index (κ3) is 3.43. The zero-order valence-electron chi connectivity index (χ0n) is 13.1. The number of hydrogen-bond acceptors (Lipinski definition) is 6. The van der Waals surface area contributed by atoms with Crippen molar-refractivity contribution < 1.29 is 22.4 Å². The molecule has 1 N–H and O–H groups in total. The van der Waals surface area contributed by atoms with Crippen molar-refractivity contribution in [1.29, 1.82) is 0 Å². The van der Waals surface area contributed by atoms with E-state index in [1.807, 2.05) is 6.92 Å². The molecule has 1 aromatic heterocycles. The second-order valence-electron chi connectivity index (χ2n) is 5.64. The molecule has 0 saturated carbocycles. The van der Waals surface area contributed by atoms with Crippen LogP contribution >= 0.6 is 0 Å². The standard InChI is InChI=1S/C16H17NO6S/c1-2-22-11-3-4-12-13(8-15(18)23-14(12)7-11)16(19)17-10-5-6-24(20,21)9-10/h3-4,7-8,10H,2,5-6,9H2,1H3,(H,17,19). The van der Waals surface area contributed by atoms with Gasteiger partial charge in [-0.3, -0.25) is 4.79 Å². The first-order chi connectivity index (χ1) is 11.4. The van der Waals surface area contributed by atoms with Crippen molar-refractivity contribution in [2.75, 3.05) is 18.1 Å². The molecule has 1 aliphatic rings. The van der Waals surface area contributed by atoms with Gasteiger partial charge in [0.15, 0.2) is 9.84 Å². The number of rotatable bonds is 4. The van der Waals surface area contributed by atoms with Gasteiger partial charge in [0.05, 0.1) is 23.7 Å². The van der Waals surface area contributed by atoms with E-state index in [4.69, 9.17) is 9.15 Å². The van der Waals surface area contributed by atoms with Crippen molar-refractivity contribution in [2.24, 2.45) is 0 Å². The van der Waals surface area contributed by atoms with Crippen LogP contribution in [0.15, 0.2) is 33.5 Å². The van der Waals surface area contributed by atoms with E-state index in [0.29, 0.717) is 24.2 Å². The van der Waals surface area contributed by atoms with Crippen LogP contribution in [-0.4, -0.2) is 38.5 Å². The molecule has 2 heterocycles. The first kappa shape index (κ1) is 16.5. The number of sulfone groups is 1. The summed E-state index contributed by atoms with van der Waals surface area (Å²) in [5, 5.41) is 3.15. The maximum atomic E-state index is 12.5. The molecule has 2 aromatic rings. The molecule has 0 bridgehead atoms. The van der Waals surface area contributed by atoms with Crippen molar-refractivity contribution in [3.05, 3.63) is 40.2 Å². The number of carbonyl (C=O) groups is 1. The first-order valence-electron chi connectivity index (χ1n) is 7.60. The van der Waals surface area contributed by atoms with Crippen LogP contribution in [0.25, 0.3) is 11.0 Å². The molecule has 1 unspecified atom stereocenters. The quantitative estimate of drug-likeness (QED) is 0.828. The predicted molar refractivity (Wildman–Crippen MR) is 88.2 cm³/mol. The molecule has 3 rings (SSSR count). The number of hydrogen-bond donors (Lipinski definition) is 1. The van der Waals surface area contributed by atoms with E-state index in [-0.39, 0.29) is 22.7 Å². The topological polar surface area (TPSA) is 103 Å². The van der Waals surface area contributed by atoms with Crippen LogP contribution in [-0.2, 0) is 9.84 Å². The van der Waals surface area contributed by atoms with Gasteiger partial charge in [0.25, 0.3) is 5.91 Å². The van der Waals surface area contributed by atoms with E-state index in [1.165, 1.54) is 0 Å². The summed E-state index contributed by atoms with van der Waals surface area (Å²) in [4.78, 5) is 24.2. The Hall–Kier alpha value is -2.35. The van der Waals surface area contributed by atoms with Gasteiger partial charge in [-0.1, -0.05) is 0 Å². The normalized spacial score (nSPS) is 19.3. The molecule has 24 heavy (non-hydrogen) atoms. The van der Waals surface area contributed by atoms with Crippen LogP contribution in [0.4, 0.5) is 0 Å². The Bertz CT molecular complexity index is 947. The molecule has 128 valence electrons. The Morgan fingerprint density at radius 1 is 1.38 bits per heavy atom. The van der Waals surface area contributed by atoms with Crippen molar-refractivity contribution in [2.45, 2.75) is 19.4 Å². The second-order valence-corrected chi connectivity index (χ2v) is 7.87. The molecule has 1 saturated heterocycles. The van der Waals surface area contributed by atoms with Gasteiger partial charge in [-0.25, -0.2) is 13.2 Å². The van der Waals surface area contributed by atoms with Crippen molar-refractivity contribution in [3.63, 3.8) is 0 Å². The number of ether oxygens (including phenoxy) is 1. The lowest BCUT2D eigenvalue weighted by Gasteiger charge is -2.12. The van der Waals surface area contributed by atoms with Gasteiger partial charge >= 0.3 is 5.63 Å². The number of nitrogens with one attached hydrogen (secondary N) is 1. The zero-order valence-corrected chi connectivity index (χ0v) is 13.9. The Morgan fingerprint density at radius 2 is 2.17 bits per heavy atom. The highest BCUT2D eigenvalue weighted by atomic mass is 32.2. The van der Waals surface area contributed by atoms with Gasteiger partial charge in [0.1, 0.15) is 11.3 Å². The van der Waals surface area contributed by atoms with Gasteiger partial charge in [-0.2, -0.15) is 0 Å². The van der Waals surface area contributed by atoms with Crippen molar-refractivity contribution in [3.8, 4) is 5.75 Å². The number of amides is 1. The Balaban J connectivity index is 1.93. The lowest BCUT2D eigenvalue weighted by molar-refractivity contribution is 0.0942. The van der Waals surface area contributed by atoms with Crippen molar-refractivity contribution in [1.82, 2.24) is 5.32 Å². The highest BCUT2D eigenvalue weighted by molar-refractivity contribution is 7.91. The summed E-state index contributed by atoms with van der Waals surface area (Å²) in [6, 6.07) is 5.55. The highest BCUT2D eigenvalue weighted by Crippen LogP contribution is 2.23. The summed E-state index contributed by atoms with van der Waals surface area (Å²) < 4.78 is 33.5. The Labute approximate surface area is 138 Å². The molecule has 1 atom stereocenters. The predicted octanol–water partition coefficient (Wildman–Crippen LogP) is 1.11. The molecule has 7 nitrogen and oxygen atoms in total. The zero-order chi connectivity index (χ0) is 17.3. The summed E-state index contributed by atoms with van der Waals surface area (Å²) in [5.74, 6) is 0.0340. The summed E-state index contributed by atoms with van der Waals surface area (Å²) in [5.41, 5.74) is -0.244. The van der Waals surface area contributed by atoms with E-state index >= 15 is 0 Å². The first-order valence-corrected chi connectivity index (χ1v) is 9.42. The largest absolute Gasteiger partial charge is 0.494 e. The van der Waals surface area contributed by atoms with Gasteiger partial charge in [0, 0.05) is 23.6 Å². The van der Waals surface area contributed by atoms with Gasteiger partial charge < -0.3 is 14.5 Å². The van der Waals surface area contributed by atoms with E-state index in [9.17, 15) is 18.0 Å². The summed E-state index contributed by atoms with van der Waals surface area (Å²) >= 11 is 0. The van der Waals surface area contributed by atoms with Crippen LogP contribution in [0, 0.1) is 0 Å². The fraction of sp³-hybridized carbons (Fsp3) is 0.375. The third-order valence-electron chi connectivity index (χ3n) is 3.84. The van der Waals surface area contributed by atoms with Crippen LogP contribution in [0.3, 0.4) is 0 Å². The second kappa shape index (κ2) is 6.27. The van der Waals surface area contributed by atoms with Gasteiger partial charge in [-0.05, 0) is 25.5 Å². The fourth-order valence-corrected chi connectivity index (χ4v) is 4.43. The maximum absolute atomic E-state index is 12.5. The SMILES string of the molecule is CCOc1ccc2c(C(=O)NC3CCS(=O)(=O)C3)cc(=O)oc2c1. The smallest absolute Gasteiger partial charge is 0.337 e. The summed E-state index contributed by atoms with van der Waals surface area (Å²) in [7, 11) is -3.10. The summed E-state index contributed by atoms with van der Waals surface area (Å²) in [6.07, 6.45) is 0.377. The van der Waals surface area contributed by atoms with E-state index in [1.54, 1.807) is 18.2 Å². The Morgan fingerprint density at radius 3 is 2.83 bits per heavy atom. The minimum Gasteiger partial charge on any atom is -0.494 e. The maximum Gasteiger partial charge on any atom is 0.337 e. The fourth-order valence-electron chi connectivity index (χ4n) is 2.76. The van der Waals surface area contributed by atoms with Gasteiger partial charge in [-0.15, -0.1) is 0 Å². The molecular weight excluding hydrogens is 334 g/mol. The number of carbonyl (C=O) groups excluding carboxylic acids is 1. The molecule has 1 aliphatic heterocycles. The molecule has 1 amide bonds. The molecule has 0 radical (unpaired) electrons. The molecule has 8 heteroatoms. The van der Waals surface area contributed by atoms with Crippen LogP contribution in [0.2, 0.25) is 0 Å². The third-order valence-corrected chi connectivity index (χ3v) is 5.61. The molecule has 0 spiro atoms. The van der Waals surface area contributed by atoms with Crippen LogP contribution < -0.4 is 15.7 Å². The van der Waals surface area contributed by atoms with E-state index in [2.05, 4.69) is 5.32 Å². The molecule has 0 aliphatic carbocycles. The average molecular weight is 351 g/mol. The van der Waals surface area contributed by atoms with Crippen molar-refractivity contribution >= 4 is 26.7 Å². The van der Waals surface area contributed by atoms with Crippen LogP contribution in [0.1, 0.15) is 23.7 Å². The lowest BCUT2D eigenvalue weighted by Crippen LogP contribution is -2.36. The lowest BCUT2D eigenvalue weighted by atomic mass is 10.1. The van der Waals surface area contributed by atoms with Gasteiger partial charge in [0.2, 0.25) is 0 Å². The molecular formula is C16H17NO6S. The number of benzene rings is 1. The van der Waals surface area contributed by atoms with Crippen LogP contribution in [0.5, 0.6) is 5.75 Å². The van der Waals surface area contributed by atoms with E-state index in [0.717, 1.165) is 6.07 Å². The molecule has 1 fully saturated rings. The highest BCUT2D eigenvalue weighted by Gasteiger charge is 2.29. The summed E-state index contributed by atoms with van der Waals surface area (Å²) in [6.45, 7) is 2.30. The monoisotopic (exact) mass is 351 g/mol. The molecule has 1 aromatic carbocycles. The van der Waals surface area contributed by atoms with E-state index < -0.39 is 27.4 Å². The minimum absolute atomic E-state index is 0.0628.